The Hall–Kier alpha value is -2.66. The van der Waals surface area contributed by atoms with Gasteiger partial charge >= 0.3 is 0 Å². The van der Waals surface area contributed by atoms with Crippen LogP contribution in [0, 0.1) is 0 Å². The molecule has 0 saturated carbocycles. The van der Waals surface area contributed by atoms with E-state index in [2.05, 4.69) is 5.32 Å². The average Bonchev–Trinajstić information content (AvgIpc) is 2.57. The van der Waals surface area contributed by atoms with Crippen LogP contribution in [-0.4, -0.2) is 20.1 Å². The van der Waals surface area contributed by atoms with Crippen LogP contribution in [0.3, 0.4) is 0 Å². The van der Waals surface area contributed by atoms with Crippen molar-refractivity contribution in [2.24, 2.45) is 0 Å². The van der Waals surface area contributed by atoms with Crippen LogP contribution in [0.25, 0.3) is 5.57 Å². The van der Waals surface area contributed by atoms with E-state index in [0.29, 0.717) is 27.9 Å². The first-order valence-corrected chi connectivity index (χ1v) is 7.59. The second-order valence-corrected chi connectivity index (χ2v) is 5.53. The van der Waals surface area contributed by atoms with E-state index in [1.54, 1.807) is 38.5 Å². The normalized spacial score (nSPS) is 11.1. The van der Waals surface area contributed by atoms with Crippen molar-refractivity contribution in [3.63, 3.8) is 0 Å². The van der Waals surface area contributed by atoms with Gasteiger partial charge in [0.05, 0.1) is 24.9 Å². The smallest absolute Gasteiger partial charge is 0.248 e. The third kappa shape index (κ3) is 4.20. The number of hydrogen-bond acceptors (Lipinski definition) is 4. The first kappa shape index (κ1) is 17.7. The van der Waals surface area contributed by atoms with Gasteiger partial charge in [-0.15, -0.1) is 0 Å². The highest BCUT2D eigenvalue weighted by atomic mass is 35.5. The fourth-order valence-corrected chi connectivity index (χ4v) is 2.36. The van der Waals surface area contributed by atoms with Crippen molar-refractivity contribution >= 4 is 34.5 Å². The molecule has 0 unspecified atom stereocenters. The first-order chi connectivity index (χ1) is 11.4. The number of nitrogens with two attached hydrogens (primary N) is 1. The van der Waals surface area contributed by atoms with Crippen molar-refractivity contribution in [3.05, 3.63) is 53.1 Å². The van der Waals surface area contributed by atoms with E-state index in [1.807, 2.05) is 19.1 Å². The van der Waals surface area contributed by atoms with Crippen LogP contribution in [0.4, 0.5) is 11.4 Å². The molecular formula is C18H19ClN2O3. The fourth-order valence-electron chi connectivity index (χ4n) is 2.18. The minimum Gasteiger partial charge on any atom is -0.497 e. The Morgan fingerprint density at radius 3 is 2.54 bits per heavy atom. The summed E-state index contributed by atoms with van der Waals surface area (Å²) in [6, 6.07) is 10.4. The zero-order valence-corrected chi connectivity index (χ0v) is 14.5. The molecule has 0 aliphatic rings. The standard InChI is InChI=1S/C18H19ClN2O3/c1-11(14-6-5-13(23-2)10-17(14)24-3)8-18(22)21-12-4-7-16(20)15(19)9-12/h4-10H,20H2,1-3H3,(H,21,22)/b11-8+. The summed E-state index contributed by atoms with van der Waals surface area (Å²) in [7, 11) is 3.16. The summed E-state index contributed by atoms with van der Waals surface area (Å²) in [5.74, 6) is 1.04. The van der Waals surface area contributed by atoms with Crippen LogP contribution in [0.2, 0.25) is 5.02 Å². The minimum atomic E-state index is -0.272. The van der Waals surface area contributed by atoms with Gasteiger partial charge in [-0.25, -0.2) is 0 Å². The Morgan fingerprint density at radius 1 is 1.17 bits per heavy atom. The summed E-state index contributed by atoms with van der Waals surface area (Å²) >= 11 is 5.95. The van der Waals surface area contributed by atoms with Gasteiger partial charge in [-0.3, -0.25) is 4.79 Å². The lowest BCUT2D eigenvalue weighted by Gasteiger charge is -2.11. The molecule has 3 N–H and O–H groups in total. The summed E-state index contributed by atoms with van der Waals surface area (Å²) in [5, 5.41) is 3.14. The number of allylic oxidation sites excluding steroid dienone is 1. The SMILES string of the molecule is COc1ccc(/C(C)=C/C(=O)Nc2ccc(N)c(Cl)c2)c(OC)c1. The van der Waals surface area contributed by atoms with Crippen LogP contribution in [0.15, 0.2) is 42.5 Å². The third-order valence-electron chi connectivity index (χ3n) is 3.45. The molecule has 5 nitrogen and oxygen atoms in total. The summed E-state index contributed by atoms with van der Waals surface area (Å²) in [6.07, 6.45) is 1.49. The Labute approximate surface area is 146 Å². The van der Waals surface area contributed by atoms with Crippen molar-refractivity contribution in [2.75, 3.05) is 25.3 Å². The highest BCUT2D eigenvalue weighted by Gasteiger charge is 2.09. The minimum absolute atomic E-state index is 0.272. The number of nitrogens with one attached hydrogen (secondary N) is 1. The summed E-state index contributed by atoms with van der Waals surface area (Å²) in [4.78, 5) is 12.2. The first-order valence-electron chi connectivity index (χ1n) is 7.21. The largest absolute Gasteiger partial charge is 0.497 e. The molecule has 2 rings (SSSR count). The van der Waals surface area contributed by atoms with E-state index in [0.717, 1.165) is 11.1 Å². The van der Waals surface area contributed by atoms with Gasteiger partial charge < -0.3 is 20.5 Å². The van der Waals surface area contributed by atoms with Gasteiger partial charge in [-0.1, -0.05) is 11.6 Å². The molecule has 0 aliphatic heterocycles. The van der Waals surface area contributed by atoms with Gasteiger partial charge in [0.25, 0.3) is 0 Å². The number of carbonyl (C=O) groups is 1. The van der Waals surface area contributed by atoms with Gasteiger partial charge in [0.2, 0.25) is 5.91 Å². The van der Waals surface area contributed by atoms with Crippen LogP contribution >= 0.6 is 11.6 Å². The Kier molecular flexibility index (Phi) is 5.71. The average molecular weight is 347 g/mol. The highest BCUT2D eigenvalue weighted by Crippen LogP contribution is 2.30. The zero-order chi connectivity index (χ0) is 17.7. The van der Waals surface area contributed by atoms with Gasteiger partial charge in [-0.2, -0.15) is 0 Å². The molecule has 0 atom stereocenters. The second-order valence-electron chi connectivity index (χ2n) is 5.12. The van der Waals surface area contributed by atoms with Crippen LogP contribution in [0.1, 0.15) is 12.5 Å². The van der Waals surface area contributed by atoms with E-state index in [4.69, 9.17) is 26.8 Å². The Bertz CT molecular complexity index is 788. The second kappa shape index (κ2) is 7.75. The molecule has 1 amide bonds. The number of methoxy groups -OCH3 is 2. The Morgan fingerprint density at radius 2 is 1.92 bits per heavy atom. The quantitative estimate of drug-likeness (QED) is 0.634. The number of rotatable bonds is 5. The third-order valence-corrected chi connectivity index (χ3v) is 3.78. The number of halogens is 1. The fraction of sp³-hybridized carbons (Fsp3) is 0.167. The molecule has 0 aliphatic carbocycles. The molecule has 0 heterocycles. The summed E-state index contributed by atoms with van der Waals surface area (Å²) in [6.45, 7) is 1.83. The van der Waals surface area contributed by atoms with Crippen molar-refractivity contribution < 1.29 is 14.3 Å². The molecule has 0 saturated heterocycles. The van der Waals surface area contributed by atoms with Gasteiger partial charge in [0.15, 0.2) is 0 Å². The molecule has 24 heavy (non-hydrogen) atoms. The maximum absolute atomic E-state index is 12.2. The predicted molar refractivity (Wildman–Crippen MR) is 97.7 cm³/mol. The van der Waals surface area contributed by atoms with Crippen LogP contribution in [-0.2, 0) is 4.79 Å². The van der Waals surface area contributed by atoms with E-state index in [1.165, 1.54) is 6.08 Å². The lowest BCUT2D eigenvalue weighted by atomic mass is 10.1. The maximum Gasteiger partial charge on any atom is 0.248 e. The number of carbonyl (C=O) groups excluding carboxylic acids is 1. The monoisotopic (exact) mass is 346 g/mol. The maximum atomic E-state index is 12.2. The van der Waals surface area contributed by atoms with Crippen molar-refractivity contribution in [1.82, 2.24) is 0 Å². The molecule has 2 aromatic rings. The number of anilines is 2. The molecule has 126 valence electrons. The zero-order valence-electron chi connectivity index (χ0n) is 13.7. The number of ether oxygens (including phenoxy) is 2. The topological polar surface area (TPSA) is 73.6 Å². The lowest BCUT2D eigenvalue weighted by Crippen LogP contribution is -2.09. The molecule has 6 heteroatoms. The number of benzene rings is 2. The van der Waals surface area contributed by atoms with E-state index in [-0.39, 0.29) is 5.91 Å². The van der Waals surface area contributed by atoms with E-state index in [9.17, 15) is 4.79 Å². The number of hydrogen-bond donors (Lipinski definition) is 2. The van der Waals surface area contributed by atoms with Gasteiger partial charge in [0.1, 0.15) is 11.5 Å². The Balaban J connectivity index is 2.20. The highest BCUT2D eigenvalue weighted by molar-refractivity contribution is 6.33. The molecule has 2 aromatic carbocycles. The predicted octanol–water partition coefficient (Wildman–Crippen LogP) is 3.98. The molecule has 0 bridgehead atoms. The number of amides is 1. The van der Waals surface area contributed by atoms with Gasteiger partial charge in [-0.05, 0) is 42.8 Å². The van der Waals surface area contributed by atoms with E-state index < -0.39 is 0 Å². The van der Waals surface area contributed by atoms with E-state index >= 15 is 0 Å². The van der Waals surface area contributed by atoms with Crippen LogP contribution in [0.5, 0.6) is 11.5 Å². The molecular weight excluding hydrogens is 328 g/mol. The van der Waals surface area contributed by atoms with Crippen molar-refractivity contribution in [2.45, 2.75) is 6.92 Å². The number of nitrogen functional groups attached to an aromatic ring is 1. The van der Waals surface area contributed by atoms with Crippen molar-refractivity contribution in [3.8, 4) is 11.5 Å². The summed E-state index contributed by atoms with van der Waals surface area (Å²) in [5.41, 5.74) is 8.25. The van der Waals surface area contributed by atoms with Crippen molar-refractivity contribution in [1.29, 1.82) is 0 Å². The van der Waals surface area contributed by atoms with Crippen LogP contribution < -0.4 is 20.5 Å². The van der Waals surface area contributed by atoms with Gasteiger partial charge in [0, 0.05) is 23.4 Å². The summed E-state index contributed by atoms with van der Waals surface area (Å²) < 4.78 is 10.5. The molecule has 0 aromatic heterocycles. The molecule has 0 fully saturated rings. The molecule has 0 spiro atoms. The molecule has 0 radical (unpaired) electrons. The lowest BCUT2D eigenvalue weighted by molar-refractivity contribution is -0.111.